The van der Waals surface area contributed by atoms with Gasteiger partial charge < -0.3 is 10.1 Å². The Bertz CT molecular complexity index is 651. The highest BCUT2D eigenvalue weighted by atomic mass is 19.1. The van der Waals surface area contributed by atoms with E-state index in [2.05, 4.69) is 9.97 Å². The molecule has 1 heterocycles. The number of carboxylic acids is 1. The Hall–Kier alpha value is -2.17. The Morgan fingerprint density at radius 2 is 2.32 bits per heavy atom. The van der Waals surface area contributed by atoms with Crippen LogP contribution in [0.15, 0.2) is 24.4 Å². The average molecular weight is 260 g/mol. The van der Waals surface area contributed by atoms with Gasteiger partial charge in [0.15, 0.2) is 0 Å². The van der Waals surface area contributed by atoms with E-state index in [4.69, 9.17) is 5.11 Å². The first-order valence-electron chi connectivity index (χ1n) is 6.10. The Morgan fingerprint density at radius 1 is 1.53 bits per heavy atom. The monoisotopic (exact) mass is 260 g/mol. The molecule has 19 heavy (non-hydrogen) atoms. The number of halogens is 1. The fraction of sp³-hybridized carbons (Fsp3) is 0.286. The molecule has 1 aromatic heterocycles. The van der Waals surface area contributed by atoms with Crippen molar-refractivity contribution in [1.82, 2.24) is 9.97 Å². The molecule has 98 valence electrons. The number of hydrogen-bond donors (Lipinski definition) is 2. The fourth-order valence-corrected chi connectivity index (χ4v) is 2.25. The number of nitrogens with one attached hydrogen (secondary N) is 1. The van der Waals surface area contributed by atoms with Crippen molar-refractivity contribution < 1.29 is 14.3 Å². The number of benzene rings is 1. The van der Waals surface area contributed by atoms with Gasteiger partial charge in [-0.1, -0.05) is 0 Å². The van der Waals surface area contributed by atoms with E-state index in [1.807, 2.05) is 0 Å². The van der Waals surface area contributed by atoms with E-state index in [0.29, 0.717) is 17.8 Å². The predicted octanol–water partition coefficient (Wildman–Crippen LogP) is 2.71. The van der Waals surface area contributed by atoms with Crippen molar-refractivity contribution in [2.75, 3.05) is 0 Å². The van der Waals surface area contributed by atoms with Gasteiger partial charge in [-0.25, -0.2) is 9.37 Å². The van der Waals surface area contributed by atoms with Crippen LogP contribution >= 0.6 is 0 Å². The number of aryl methyl sites for hydroxylation is 1. The molecule has 0 radical (unpaired) electrons. The molecule has 0 spiro atoms. The Balaban J connectivity index is 1.85. The first kappa shape index (κ1) is 11.9. The lowest BCUT2D eigenvalue weighted by molar-refractivity contribution is -0.138. The molecule has 2 N–H and O–H groups in total. The van der Waals surface area contributed by atoms with E-state index in [0.717, 1.165) is 11.3 Å². The predicted molar refractivity (Wildman–Crippen MR) is 67.2 cm³/mol. The summed E-state index contributed by atoms with van der Waals surface area (Å²) in [6.07, 6.45) is 2.30. The average Bonchev–Trinajstić information content (AvgIpc) is 3.04. The molecule has 1 saturated carbocycles. The first-order valence-corrected chi connectivity index (χ1v) is 6.10. The van der Waals surface area contributed by atoms with E-state index in [-0.39, 0.29) is 17.7 Å². The quantitative estimate of drug-likeness (QED) is 0.891. The molecule has 1 aromatic carbocycles. The Morgan fingerprint density at radius 3 is 2.95 bits per heavy atom. The van der Waals surface area contributed by atoms with Crippen molar-refractivity contribution in [3.63, 3.8) is 0 Å². The number of aliphatic carboxylic acids is 1. The van der Waals surface area contributed by atoms with Crippen LogP contribution in [-0.2, 0) is 4.79 Å². The zero-order valence-electron chi connectivity index (χ0n) is 10.4. The maximum atomic E-state index is 13.2. The molecule has 2 unspecified atom stereocenters. The summed E-state index contributed by atoms with van der Waals surface area (Å²) in [7, 11) is 0. The van der Waals surface area contributed by atoms with Crippen molar-refractivity contribution in [3.8, 4) is 11.3 Å². The van der Waals surface area contributed by atoms with Gasteiger partial charge in [0, 0.05) is 11.5 Å². The van der Waals surface area contributed by atoms with Crippen LogP contribution < -0.4 is 0 Å². The molecule has 0 saturated heterocycles. The molecule has 0 bridgehead atoms. The first-order chi connectivity index (χ1) is 9.06. The van der Waals surface area contributed by atoms with Gasteiger partial charge in [-0.2, -0.15) is 0 Å². The summed E-state index contributed by atoms with van der Waals surface area (Å²) in [6.45, 7) is 1.71. The molecule has 0 aliphatic heterocycles. The van der Waals surface area contributed by atoms with Gasteiger partial charge in [0.05, 0.1) is 17.8 Å². The van der Waals surface area contributed by atoms with Crippen molar-refractivity contribution in [1.29, 1.82) is 0 Å². The fourth-order valence-electron chi connectivity index (χ4n) is 2.25. The van der Waals surface area contributed by atoms with Crippen LogP contribution in [0.25, 0.3) is 11.3 Å². The lowest BCUT2D eigenvalue weighted by atomic mass is 10.1. The summed E-state index contributed by atoms with van der Waals surface area (Å²) < 4.78 is 13.2. The number of aromatic amines is 1. The highest BCUT2D eigenvalue weighted by Gasteiger charge is 2.46. The second-order valence-electron chi connectivity index (χ2n) is 4.93. The Kier molecular flexibility index (Phi) is 2.62. The van der Waals surface area contributed by atoms with Gasteiger partial charge in [-0.05, 0) is 37.1 Å². The van der Waals surface area contributed by atoms with E-state index in [1.165, 1.54) is 6.07 Å². The molecule has 2 atom stereocenters. The van der Waals surface area contributed by atoms with Crippen molar-refractivity contribution in [2.24, 2.45) is 5.92 Å². The van der Waals surface area contributed by atoms with Crippen molar-refractivity contribution >= 4 is 5.97 Å². The van der Waals surface area contributed by atoms with E-state index >= 15 is 0 Å². The minimum Gasteiger partial charge on any atom is -0.481 e. The molecule has 1 aliphatic rings. The largest absolute Gasteiger partial charge is 0.481 e. The van der Waals surface area contributed by atoms with Gasteiger partial charge in [0.2, 0.25) is 0 Å². The summed E-state index contributed by atoms with van der Waals surface area (Å²) in [5, 5.41) is 8.89. The number of rotatable bonds is 3. The van der Waals surface area contributed by atoms with Crippen LogP contribution in [0.5, 0.6) is 0 Å². The second kappa shape index (κ2) is 4.19. The van der Waals surface area contributed by atoms with Gasteiger partial charge in [0.1, 0.15) is 11.6 Å². The zero-order valence-corrected chi connectivity index (χ0v) is 10.4. The molecule has 2 aromatic rings. The summed E-state index contributed by atoms with van der Waals surface area (Å²) >= 11 is 0. The number of imidazole rings is 1. The van der Waals surface area contributed by atoms with Crippen LogP contribution in [0.4, 0.5) is 4.39 Å². The molecule has 1 fully saturated rings. The number of hydrogen-bond acceptors (Lipinski definition) is 2. The van der Waals surface area contributed by atoms with Crippen LogP contribution in [-0.4, -0.2) is 21.0 Å². The van der Waals surface area contributed by atoms with Crippen LogP contribution in [0.3, 0.4) is 0 Å². The highest BCUT2D eigenvalue weighted by Crippen LogP contribution is 2.46. The minimum absolute atomic E-state index is 0.0206. The summed E-state index contributed by atoms with van der Waals surface area (Å²) in [5.41, 5.74) is 2.21. The van der Waals surface area contributed by atoms with Gasteiger partial charge in [-0.3, -0.25) is 4.79 Å². The molecular formula is C14H13FN2O2. The van der Waals surface area contributed by atoms with Crippen LogP contribution in [0.1, 0.15) is 23.7 Å². The Labute approximate surface area is 109 Å². The van der Waals surface area contributed by atoms with E-state index < -0.39 is 5.97 Å². The molecular weight excluding hydrogens is 247 g/mol. The third-order valence-electron chi connectivity index (χ3n) is 3.52. The summed E-state index contributed by atoms with van der Waals surface area (Å²) in [6, 6.07) is 4.85. The SMILES string of the molecule is Cc1cc(-c2cnc(C3CC3C(=O)O)[nH]2)ccc1F. The van der Waals surface area contributed by atoms with Gasteiger partial charge in [-0.15, -0.1) is 0 Å². The maximum Gasteiger partial charge on any atom is 0.307 e. The lowest BCUT2D eigenvalue weighted by Gasteiger charge is -2.00. The third kappa shape index (κ3) is 2.12. The second-order valence-corrected chi connectivity index (χ2v) is 4.93. The number of carbonyl (C=O) groups is 1. The van der Waals surface area contributed by atoms with E-state index in [1.54, 1.807) is 25.3 Å². The smallest absolute Gasteiger partial charge is 0.307 e. The van der Waals surface area contributed by atoms with Crippen LogP contribution in [0, 0.1) is 18.7 Å². The lowest BCUT2D eigenvalue weighted by Crippen LogP contribution is -1.99. The summed E-state index contributed by atoms with van der Waals surface area (Å²) in [4.78, 5) is 18.2. The maximum absolute atomic E-state index is 13.2. The zero-order chi connectivity index (χ0) is 13.6. The standard InChI is InChI=1S/C14H13FN2O2/c1-7-4-8(2-3-11(7)15)12-6-16-13(17-12)9-5-10(9)14(18)19/h2-4,6,9-10H,5H2,1H3,(H,16,17)(H,18,19). The number of H-pyrrole nitrogens is 1. The normalized spacial score (nSPS) is 21.4. The van der Waals surface area contributed by atoms with E-state index in [9.17, 15) is 9.18 Å². The number of aromatic nitrogens is 2. The number of nitrogens with zero attached hydrogens (tertiary/aromatic N) is 1. The molecule has 0 amide bonds. The molecule has 4 nitrogen and oxygen atoms in total. The topological polar surface area (TPSA) is 66.0 Å². The number of carboxylic acid groups (broad SMARTS) is 1. The molecule has 1 aliphatic carbocycles. The van der Waals surface area contributed by atoms with Crippen molar-refractivity contribution in [3.05, 3.63) is 41.6 Å². The minimum atomic E-state index is -0.777. The highest BCUT2D eigenvalue weighted by molar-refractivity contribution is 5.75. The third-order valence-corrected chi connectivity index (χ3v) is 3.52. The molecule has 3 rings (SSSR count). The van der Waals surface area contributed by atoms with Gasteiger partial charge >= 0.3 is 5.97 Å². The van der Waals surface area contributed by atoms with Crippen LogP contribution in [0.2, 0.25) is 0 Å². The summed E-state index contributed by atoms with van der Waals surface area (Å²) in [5.74, 6) is -0.664. The van der Waals surface area contributed by atoms with Crippen molar-refractivity contribution in [2.45, 2.75) is 19.3 Å². The van der Waals surface area contributed by atoms with Gasteiger partial charge in [0.25, 0.3) is 0 Å². The molecule has 5 heteroatoms.